The van der Waals surface area contributed by atoms with Crippen LogP contribution in [0.1, 0.15) is 38.7 Å². The highest BCUT2D eigenvalue weighted by Gasteiger charge is 2.31. The van der Waals surface area contributed by atoms with E-state index in [0.29, 0.717) is 5.69 Å². The maximum absolute atomic E-state index is 12.2. The molecular weight excluding hydrogens is 326 g/mol. The number of carbonyl (C=O) groups excluding carboxylic acids is 1. The van der Waals surface area contributed by atoms with Crippen molar-refractivity contribution in [3.05, 3.63) is 36.4 Å². The lowest BCUT2D eigenvalue weighted by atomic mass is 10.0. The number of amides is 1. The van der Waals surface area contributed by atoms with Crippen molar-refractivity contribution in [1.29, 1.82) is 0 Å². The van der Waals surface area contributed by atoms with Crippen LogP contribution in [0.25, 0.3) is 0 Å². The van der Waals surface area contributed by atoms with Gasteiger partial charge in [0.25, 0.3) is 0 Å². The molecule has 1 fully saturated rings. The number of nitrogens with two attached hydrogens (primary N) is 1. The normalized spacial score (nSPS) is 16.3. The Labute approximate surface area is 158 Å². The minimum Gasteiger partial charge on any atom is -0.495 e. The Morgan fingerprint density at radius 2 is 2.04 bits per heavy atom. The molecule has 2 rings (SSSR count). The highest BCUT2D eigenvalue weighted by atomic mass is 16.5. The molecule has 1 aromatic carbocycles. The van der Waals surface area contributed by atoms with Crippen molar-refractivity contribution >= 4 is 11.6 Å². The summed E-state index contributed by atoms with van der Waals surface area (Å²) in [4.78, 5) is 14.1. The average Bonchev–Trinajstić information content (AvgIpc) is 2.62. The van der Waals surface area contributed by atoms with Crippen LogP contribution in [0.4, 0.5) is 5.69 Å². The number of benzene rings is 1. The summed E-state index contributed by atoms with van der Waals surface area (Å²) in [7, 11) is 1.64. The largest absolute Gasteiger partial charge is 0.495 e. The van der Waals surface area contributed by atoms with Crippen LogP contribution < -0.4 is 10.5 Å². The minimum absolute atomic E-state index is 0.0175. The molecule has 0 unspecified atom stereocenters. The fourth-order valence-corrected chi connectivity index (χ4v) is 3.97. The predicted octanol–water partition coefficient (Wildman–Crippen LogP) is 3.20. The Balaban J connectivity index is 2.15. The molecule has 0 aliphatic carbocycles. The van der Waals surface area contributed by atoms with Gasteiger partial charge in [0.1, 0.15) is 12.3 Å². The Hall–Kier alpha value is -2.01. The van der Waals surface area contributed by atoms with E-state index in [1.807, 2.05) is 17.0 Å². The third kappa shape index (κ3) is 5.01. The van der Waals surface area contributed by atoms with Crippen LogP contribution >= 0.6 is 0 Å². The Morgan fingerprint density at radius 1 is 1.35 bits per heavy atom. The lowest BCUT2D eigenvalue weighted by Crippen LogP contribution is -2.55. The molecule has 2 N–H and O–H groups in total. The van der Waals surface area contributed by atoms with Gasteiger partial charge in [-0.05, 0) is 57.4 Å². The molecule has 1 saturated heterocycles. The Morgan fingerprint density at radius 3 is 2.58 bits per heavy atom. The molecule has 26 heavy (non-hydrogen) atoms. The van der Waals surface area contributed by atoms with E-state index >= 15 is 0 Å². The molecule has 144 valence electrons. The van der Waals surface area contributed by atoms with E-state index in [1.165, 1.54) is 30.9 Å². The molecule has 0 spiro atoms. The van der Waals surface area contributed by atoms with Crippen molar-refractivity contribution in [2.45, 2.75) is 45.7 Å². The smallest absolute Gasteiger partial charge is 0.246 e. The number of nitrogens with zero attached hydrogens (tertiary/aromatic N) is 2. The summed E-state index contributed by atoms with van der Waals surface area (Å²) < 4.78 is 6.29. The lowest BCUT2D eigenvalue weighted by molar-refractivity contribution is -0.944. The third-order valence-electron chi connectivity index (χ3n) is 5.47. The maximum atomic E-state index is 12.2. The fourth-order valence-electron chi connectivity index (χ4n) is 3.97. The number of nitrogen functional groups attached to an aromatic ring is 1. The molecule has 1 amide bonds. The highest BCUT2D eigenvalue weighted by Crippen LogP contribution is 2.27. The summed E-state index contributed by atoms with van der Waals surface area (Å²) in [5.41, 5.74) is 8.02. The molecule has 0 radical (unpaired) electrons. The van der Waals surface area contributed by atoms with Gasteiger partial charge in [0.2, 0.25) is 5.91 Å². The molecule has 1 aliphatic rings. The van der Waals surface area contributed by atoms with Gasteiger partial charge >= 0.3 is 0 Å². The first kappa shape index (κ1) is 20.3. The van der Waals surface area contributed by atoms with Crippen LogP contribution in [0.3, 0.4) is 0 Å². The average molecular weight is 361 g/mol. The van der Waals surface area contributed by atoms with E-state index in [4.69, 9.17) is 10.5 Å². The summed E-state index contributed by atoms with van der Waals surface area (Å²) >= 11 is 0. The number of ether oxygens (including phenoxy) is 1. The van der Waals surface area contributed by atoms with Crippen molar-refractivity contribution in [3.8, 4) is 5.75 Å². The second-order valence-corrected chi connectivity index (χ2v) is 7.64. The molecule has 0 bridgehead atoms. The number of anilines is 1. The van der Waals surface area contributed by atoms with E-state index in [1.54, 1.807) is 7.11 Å². The molecule has 0 atom stereocenters. The zero-order valence-electron chi connectivity index (χ0n) is 16.5. The second-order valence-electron chi connectivity index (χ2n) is 7.64. The molecule has 1 aliphatic heterocycles. The molecule has 5 nitrogen and oxygen atoms in total. The quantitative estimate of drug-likeness (QED) is 0.440. The number of carbonyl (C=O) groups is 1. The van der Waals surface area contributed by atoms with Crippen molar-refractivity contribution in [1.82, 2.24) is 4.90 Å². The number of piperidine rings is 1. The zero-order chi connectivity index (χ0) is 19.2. The topological polar surface area (TPSA) is 55.6 Å². The van der Waals surface area contributed by atoms with Gasteiger partial charge < -0.3 is 19.9 Å². The number of hydrogen-bond acceptors (Lipinski definition) is 3. The first-order valence-corrected chi connectivity index (χ1v) is 9.61. The number of hydrogen-bond donors (Lipinski definition) is 1. The fraction of sp³-hybridized carbons (Fsp3) is 0.571. The SMILES string of the molecule is C=CC(=O)N(CC[N+]1(Cc2ccc(OC)c(N)c2)CCCCC1)C(C)C. The van der Waals surface area contributed by atoms with Crippen LogP contribution in [0.15, 0.2) is 30.9 Å². The predicted molar refractivity (Wildman–Crippen MR) is 107 cm³/mol. The first-order valence-electron chi connectivity index (χ1n) is 9.61. The van der Waals surface area contributed by atoms with Crippen LogP contribution in [-0.4, -0.2) is 54.6 Å². The molecule has 0 aromatic heterocycles. The van der Waals surface area contributed by atoms with Gasteiger partial charge in [0, 0.05) is 11.6 Å². The van der Waals surface area contributed by atoms with Gasteiger partial charge in [-0.1, -0.05) is 6.58 Å². The van der Waals surface area contributed by atoms with E-state index in [-0.39, 0.29) is 11.9 Å². The zero-order valence-corrected chi connectivity index (χ0v) is 16.5. The summed E-state index contributed by atoms with van der Waals surface area (Å²) in [6, 6.07) is 6.27. The van der Waals surface area contributed by atoms with Crippen molar-refractivity contribution in [2.24, 2.45) is 0 Å². The number of methoxy groups -OCH3 is 1. The van der Waals surface area contributed by atoms with Gasteiger partial charge in [-0.25, -0.2) is 0 Å². The molecule has 5 heteroatoms. The molecule has 1 heterocycles. The molecule has 1 aromatic rings. The number of likely N-dealkylation sites (tertiary alicyclic amines) is 1. The summed E-state index contributed by atoms with van der Waals surface area (Å²) in [5.74, 6) is 0.741. The van der Waals surface area contributed by atoms with E-state index < -0.39 is 0 Å². The molecule has 0 saturated carbocycles. The van der Waals surface area contributed by atoms with Crippen molar-refractivity contribution < 1.29 is 14.0 Å². The standard InChI is InChI=1S/C21H34N3O2/c1-5-21(25)23(17(2)3)11-14-24(12-7-6-8-13-24)16-18-9-10-20(26-4)19(22)15-18/h5,9-10,15,17H,1,6-8,11-14,16,22H2,2-4H3/q+1. The summed E-state index contributed by atoms with van der Waals surface area (Å²) in [5, 5.41) is 0. The van der Waals surface area contributed by atoms with Gasteiger partial charge in [0.05, 0.1) is 39.0 Å². The van der Waals surface area contributed by atoms with Crippen LogP contribution in [0, 0.1) is 0 Å². The number of quaternary nitrogens is 1. The van der Waals surface area contributed by atoms with Gasteiger partial charge in [0.15, 0.2) is 0 Å². The number of rotatable bonds is 8. The minimum atomic E-state index is 0.0175. The second kappa shape index (κ2) is 9.08. The monoisotopic (exact) mass is 360 g/mol. The summed E-state index contributed by atoms with van der Waals surface area (Å²) in [6.07, 6.45) is 5.19. The summed E-state index contributed by atoms with van der Waals surface area (Å²) in [6.45, 7) is 12.7. The third-order valence-corrected chi connectivity index (χ3v) is 5.47. The van der Waals surface area contributed by atoms with Crippen LogP contribution in [-0.2, 0) is 11.3 Å². The van der Waals surface area contributed by atoms with Crippen molar-refractivity contribution in [3.63, 3.8) is 0 Å². The molecular formula is C21H34N3O2+. The van der Waals surface area contributed by atoms with Gasteiger partial charge in [-0.15, -0.1) is 0 Å². The lowest BCUT2D eigenvalue weighted by Gasteiger charge is -2.43. The van der Waals surface area contributed by atoms with Gasteiger partial charge in [-0.3, -0.25) is 4.79 Å². The van der Waals surface area contributed by atoms with Crippen molar-refractivity contribution in [2.75, 3.05) is 39.0 Å². The van der Waals surface area contributed by atoms with Crippen LogP contribution in [0.2, 0.25) is 0 Å². The van der Waals surface area contributed by atoms with E-state index in [2.05, 4.69) is 26.5 Å². The Bertz CT molecular complexity index is 622. The van der Waals surface area contributed by atoms with Crippen LogP contribution in [0.5, 0.6) is 5.75 Å². The Kier molecular flexibility index (Phi) is 7.09. The van der Waals surface area contributed by atoms with E-state index in [0.717, 1.165) is 43.0 Å². The first-order chi connectivity index (χ1) is 12.4. The highest BCUT2D eigenvalue weighted by molar-refractivity contribution is 5.87. The van der Waals surface area contributed by atoms with E-state index in [9.17, 15) is 4.79 Å². The maximum Gasteiger partial charge on any atom is 0.246 e. The van der Waals surface area contributed by atoms with Gasteiger partial charge in [-0.2, -0.15) is 0 Å².